The van der Waals surface area contributed by atoms with Crippen molar-refractivity contribution in [2.45, 2.75) is 41.5 Å². The van der Waals surface area contributed by atoms with Crippen LogP contribution in [0.15, 0.2) is 106 Å². The Morgan fingerprint density at radius 2 is 0.649 bits per heavy atom. The molecule has 7 aromatic rings. The number of fused-ring (bicyclic) bond motifs is 8. The molecule has 0 unspecified atom stereocenters. The minimum absolute atomic E-state index is 0. The molecular weight excluding hydrogens is 875 g/mol. The van der Waals surface area contributed by atoms with Gasteiger partial charge in [0.05, 0.1) is 22.8 Å². The molecule has 0 amide bonds. The van der Waals surface area contributed by atoms with Crippen molar-refractivity contribution in [1.82, 2.24) is 19.9 Å². The van der Waals surface area contributed by atoms with Crippen molar-refractivity contribution >= 4 is 78.2 Å². The van der Waals surface area contributed by atoms with Gasteiger partial charge >= 0.3 is 16.8 Å². The second-order valence-electron chi connectivity index (χ2n) is 14.9. The Morgan fingerprint density at radius 1 is 0.368 bits per heavy atom. The van der Waals surface area contributed by atoms with Crippen molar-refractivity contribution < 1.29 is 16.8 Å². The first kappa shape index (κ1) is 38.8. The summed E-state index contributed by atoms with van der Waals surface area (Å²) in [5.41, 5.74) is 22.4. The van der Waals surface area contributed by atoms with Crippen LogP contribution in [0.1, 0.15) is 56.2 Å². The van der Waals surface area contributed by atoms with Crippen molar-refractivity contribution in [3.63, 3.8) is 0 Å². The van der Waals surface area contributed by atoms with Gasteiger partial charge in [0, 0.05) is 8.95 Å². The van der Waals surface area contributed by atoms with Gasteiger partial charge in [-0.3, -0.25) is 0 Å². The Labute approximate surface area is 360 Å². The van der Waals surface area contributed by atoms with E-state index in [4.69, 9.17) is 19.9 Å². The van der Waals surface area contributed by atoms with Crippen molar-refractivity contribution in [3.05, 3.63) is 162 Å². The third kappa shape index (κ3) is 7.12. The number of aromatic nitrogens is 4. The van der Waals surface area contributed by atoms with E-state index in [-0.39, 0.29) is 16.8 Å². The van der Waals surface area contributed by atoms with Crippen LogP contribution in [-0.2, 0) is 16.8 Å². The van der Waals surface area contributed by atoms with Crippen LogP contribution in [0.2, 0.25) is 0 Å². The molecule has 3 aromatic heterocycles. The number of hydrogen-bond donors (Lipinski definition) is 0. The van der Waals surface area contributed by atoms with Gasteiger partial charge in [-0.25, -0.2) is 9.97 Å². The molecule has 0 spiro atoms. The Balaban J connectivity index is 0.00000455. The fourth-order valence-corrected chi connectivity index (χ4v) is 9.10. The summed E-state index contributed by atoms with van der Waals surface area (Å²) in [6.07, 6.45) is 8.54. The first-order chi connectivity index (χ1) is 27.0. The molecular formula is C50H38Br2CoN4. The summed E-state index contributed by atoms with van der Waals surface area (Å²) >= 11 is 7.31. The van der Waals surface area contributed by atoms with Gasteiger partial charge in [-0.2, -0.15) is 0 Å². The molecule has 57 heavy (non-hydrogen) atoms. The second kappa shape index (κ2) is 15.4. The Morgan fingerprint density at radius 3 is 0.965 bits per heavy atom. The standard InChI is InChI=1S/C50H38Br2N4.Co/c1-27-23-29(3)45(30(4)24-27)49-41-19-15-37(53-41)47(33-7-11-35(51)12-8-33)39-17-21-43(55-39)50(46-31(5)25-28(2)26-32(46)6)44-22-18-40(56-44)48(38-16-20-42(49)54-38)34-9-13-36(52)14-10-34;/h7-26H,1-6H3;/q-2;+2. The molecule has 0 aliphatic carbocycles. The minimum Gasteiger partial charge on any atom is -0.657 e. The molecule has 9 rings (SSSR count). The summed E-state index contributed by atoms with van der Waals surface area (Å²) in [5, 5.41) is 0. The van der Waals surface area contributed by atoms with Gasteiger partial charge < -0.3 is 9.97 Å². The zero-order valence-corrected chi connectivity index (χ0v) is 36.6. The fourth-order valence-electron chi connectivity index (χ4n) is 8.57. The van der Waals surface area contributed by atoms with Crippen LogP contribution in [0.5, 0.6) is 0 Å². The van der Waals surface area contributed by atoms with E-state index in [1.54, 1.807) is 0 Å². The number of hydrogen-bond acceptors (Lipinski definition) is 2. The summed E-state index contributed by atoms with van der Waals surface area (Å²) < 4.78 is 2.03. The summed E-state index contributed by atoms with van der Waals surface area (Å²) in [7, 11) is 0. The number of benzene rings is 4. The molecule has 7 heteroatoms. The molecule has 1 radical (unpaired) electrons. The smallest absolute Gasteiger partial charge is 0.657 e. The average Bonchev–Trinajstić information content (AvgIpc) is 3.99. The molecule has 0 saturated carbocycles. The van der Waals surface area contributed by atoms with Crippen LogP contribution in [-0.4, -0.2) is 9.97 Å². The molecule has 0 atom stereocenters. The van der Waals surface area contributed by atoms with Gasteiger partial charge in [-0.05, 0) is 157 Å². The van der Waals surface area contributed by atoms with Crippen molar-refractivity contribution in [2.24, 2.45) is 0 Å². The van der Waals surface area contributed by atoms with Gasteiger partial charge in [0.2, 0.25) is 0 Å². The predicted molar refractivity (Wildman–Crippen MR) is 242 cm³/mol. The Hall–Kier alpha value is -5.05. The van der Waals surface area contributed by atoms with Crippen LogP contribution in [0, 0.1) is 41.5 Å². The quantitative estimate of drug-likeness (QED) is 0.177. The minimum atomic E-state index is 0. The van der Waals surface area contributed by atoms with Crippen LogP contribution in [0.25, 0.3) is 90.9 Å². The van der Waals surface area contributed by atoms with Gasteiger partial charge in [0.1, 0.15) is 0 Å². The molecule has 4 nitrogen and oxygen atoms in total. The van der Waals surface area contributed by atoms with Crippen molar-refractivity contribution in [1.29, 1.82) is 0 Å². The zero-order valence-electron chi connectivity index (χ0n) is 32.4. The summed E-state index contributed by atoms with van der Waals surface area (Å²) in [5.74, 6) is 0. The van der Waals surface area contributed by atoms with E-state index in [0.717, 1.165) is 98.3 Å². The maximum absolute atomic E-state index is 5.47. The van der Waals surface area contributed by atoms with Crippen molar-refractivity contribution in [2.75, 3.05) is 0 Å². The van der Waals surface area contributed by atoms with E-state index >= 15 is 0 Å². The van der Waals surface area contributed by atoms with Crippen LogP contribution in [0.3, 0.4) is 0 Å². The second-order valence-corrected chi connectivity index (χ2v) is 16.8. The summed E-state index contributed by atoms with van der Waals surface area (Å²) in [4.78, 5) is 21.9. The maximum atomic E-state index is 5.47. The normalized spacial score (nSPS) is 11.9. The number of nitrogens with zero attached hydrogens (tertiary/aromatic N) is 4. The topological polar surface area (TPSA) is 54.0 Å². The Bertz CT molecular complexity index is 2730. The number of rotatable bonds is 4. The Kier molecular flexibility index (Phi) is 10.5. The van der Waals surface area contributed by atoms with E-state index in [1.807, 2.05) is 0 Å². The van der Waals surface area contributed by atoms with Gasteiger partial charge in [-0.15, -0.1) is 22.1 Å². The number of halogens is 2. The molecule has 0 fully saturated rings. The third-order valence-corrected chi connectivity index (χ3v) is 11.8. The zero-order chi connectivity index (χ0) is 38.8. The van der Waals surface area contributed by atoms with Gasteiger partial charge in [0.25, 0.3) is 0 Å². The van der Waals surface area contributed by atoms with Crippen LogP contribution in [0.4, 0.5) is 0 Å². The van der Waals surface area contributed by atoms with E-state index in [0.29, 0.717) is 0 Å². The first-order valence-corrected chi connectivity index (χ1v) is 20.3. The van der Waals surface area contributed by atoms with Gasteiger partial charge in [0.15, 0.2) is 0 Å². The van der Waals surface area contributed by atoms with Crippen LogP contribution >= 0.6 is 31.9 Å². The van der Waals surface area contributed by atoms with Gasteiger partial charge in [-0.1, -0.05) is 116 Å². The van der Waals surface area contributed by atoms with Crippen molar-refractivity contribution in [3.8, 4) is 44.5 Å². The molecule has 8 bridgehead atoms. The van der Waals surface area contributed by atoms with Crippen LogP contribution < -0.4 is 9.97 Å². The largest absolute Gasteiger partial charge is 2.00 e. The average molecular weight is 914 g/mol. The van der Waals surface area contributed by atoms with E-state index in [9.17, 15) is 0 Å². The predicted octanol–water partition coefficient (Wildman–Crippen LogP) is 14.0. The maximum Gasteiger partial charge on any atom is 2.00 e. The van der Waals surface area contributed by atoms with E-state index in [1.165, 1.54) is 33.4 Å². The molecule has 2 aliphatic heterocycles. The molecule has 281 valence electrons. The monoisotopic (exact) mass is 911 g/mol. The fraction of sp³-hybridized carbons (Fsp3) is 0.120. The molecule has 0 saturated heterocycles. The molecule has 0 N–H and O–H groups in total. The molecule has 4 aromatic carbocycles. The number of aryl methyl sites for hydroxylation is 6. The SMILES string of the molecule is Cc1cc(C)c(-c2c3nc(c(-c4ccc(Br)cc4)c4ccc([n-]4)c(-c4c(C)cc(C)cc4C)c4nc(c(-c5ccc(Br)cc5)c5ccc2[n-]5)C=C4)C=C3)c(C)c1.[Co+2]. The summed E-state index contributed by atoms with van der Waals surface area (Å²) in [6.45, 7) is 13.0. The molecule has 2 aliphatic rings. The first-order valence-electron chi connectivity index (χ1n) is 18.8. The van der Waals surface area contributed by atoms with E-state index in [2.05, 4.69) is 195 Å². The van der Waals surface area contributed by atoms with E-state index < -0.39 is 0 Å². The third-order valence-electron chi connectivity index (χ3n) is 10.7. The molecule has 5 heterocycles. The summed E-state index contributed by atoms with van der Waals surface area (Å²) in [6, 6.07) is 34.4.